The van der Waals surface area contributed by atoms with Crippen molar-refractivity contribution in [1.29, 1.82) is 0 Å². The van der Waals surface area contributed by atoms with Crippen LogP contribution in [0.25, 0.3) is 0 Å². The molecular weight excluding hydrogens is 415 g/mol. The Morgan fingerprint density at radius 1 is 1.04 bits per heavy atom. The Kier molecular flexibility index (Phi) is 6.62. The number of halogens is 4. The second-order valence-corrected chi connectivity index (χ2v) is 6.29. The smallest absolute Gasteiger partial charge is 0.315 e. The first kappa shape index (κ1) is 19.8. The van der Waals surface area contributed by atoms with Crippen LogP contribution in [0.2, 0.25) is 0 Å². The van der Waals surface area contributed by atoms with Gasteiger partial charge in [-0.25, -0.2) is 18.0 Å². The van der Waals surface area contributed by atoms with Gasteiger partial charge in [0.2, 0.25) is 5.91 Å². The molecule has 0 aromatic heterocycles. The fraction of sp³-hybridized carbons (Fsp3) is 0.176. The molecule has 0 radical (unpaired) electrons. The number of anilines is 1. The highest BCUT2D eigenvalue weighted by molar-refractivity contribution is 9.10. The lowest BCUT2D eigenvalue weighted by Crippen LogP contribution is -2.41. The molecule has 138 valence electrons. The lowest BCUT2D eigenvalue weighted by Gasteiger charge is -2.15. The van der Waals surface area contributed by atoms with Crippen molar-refractivity contribution in [3.63, 3.8) is 0 Å². The molecule has 2 aromatic rings. The molecule has 1 atom stereocenters. The van der Waals surface area contributed by atoms with E-state index in [1.54, 1.807) is 6.92 Å². The summed E-state index contributed by atoms with van der Waals surface area (Å²) >= 11 is 3.31. The summed E-state index contributed by atoms with van der Waals surface area (Å²) in [5.74, 6) is -5.34. The Labute approximate surface area is 156 Å². The average Bonchev–Trinajstić information content (AvgIpc) is 2.61. The molecule has 3 amide bonds. The molecule has 3 N–H and O–H groups in total. The van der Waals surface area contributed by atoms with Crippen molar-refractivity contribution in [2.75, 3.05) is 11.9 Å². The predicted molar refractivity (Wildman–Crippen MR) is 94.0 cm³/mol. The molecule has 9 heteroatoms. The van der Waals surface area contributed by atoms with E-state index in [-0.39, 0.29) is 6.04 Å². The Hall–Kier alpha value is -2.55. The molecule has 1 unspecified atom stereocenters. The minimum absolute atomic E-state index is 0.310. The fourth-order valence-electron chi connectivity index (χ4n) is 2.06. The van der Waals surface area contributed by atoms with Crippen LogP contribution in [0, 0.1) is 17.5 Å². The van der Waals surface area contributed by atoms with Crippen molar-refractivity contribution in [2.24, 2.45) is 0 Å². The lowest BCUT2D eigenvalue weighted by atomic mass is 10.1. The zero-order valence-corrected chi connectivity index (χ0v) is 15.2. The van der Waals surface area contributed by atoms with Crippen molar-refractivity contribution in [2.45, 2.75) is 13.0 Å². The van der Waals surface area contributed by atoms with Crippen molar-refractivity contribution >= 4 is 33.6 Å². The summed E-state index contributed by atoms with van der Waals surface area (Å²) in [6.45, 7) is 1.29. The lowest BCUT2D eigenvalue weighted by molar-refractivity contribution is -0.115. The molecule has 0 aliphatic heterocycles. The van der Waals surface area contributed by atoms with Gasteiger partial charge in [0.1, 0.15) is 0 Å². The van der Waals surface area contributed by atoms with Gasteiger partial charge in [-0.1, -0.05) is 28.1 Å². The van der Waals surface area contributed by atoms with Crippen LogP contribution in [0.3, 0.4) is 0 Å². The zero-order valence-electron chi connectivity index (χ0n) is 13.6. The largest absolute Gasteiger partial charge is 0.332 e. The fourth-order valence-corrected chi connectivity index (χ4v) is 2.32. The first-order valence-corrected chi connectivity index (χ1v) is 8.30. The summed E-state index contributed by atoms with van der Waals surface area (Å²) in [7, 11) is 0. The van der Waals surface area contributed by atoms with Gasteiger partial charge in [-0.15, -0.1) is 0 Å². The van der Waals surface area contributed by atoms with Gasteiger partial charge < -0.3 is 16.0 Å². The van der Waals surface area contributed by atoms with Gasteiger partial charge in [-0.05, 0) is 36.8 Å². The van der Waals surface area contributed by atoms with Crippen molar-refractivity contribution in [3.05, 3.63) is 63.9 Å². The minimum Gasteiger partial charge on any atom is -0.332 e. The third-order valence-corrected chi connectivity index (χ3v) is 3.97. The molecule has 0 bridgehead atoms. The highest BCUT2D eigenvalue weighted by Gasteiger charge is 2.16. The highest BCUT2D eigenvalue weighted by Crippen LogP contribution is 2.19. The van der Waals surface area contributed by atoms with Gasteiger partial charge in [-0.2, -0.15) is 0 Å². The highest BCUT2D eigenvalue weighted by atomic mass is 79.9. The van der Waals surface area contributed by atoms with Crippen LogP contribution in [-0.4, -0.2) is 18.5 Å². The summed E-state index contributed by atoms with van der Waals surface area (Å²) in [5.41, 5.74) is 0.344. The van der Waals surface area contributed by atoms with E-state index in [1.165, 1.54) is 0 Å². The summed E-state index contributed by atoms with van der Waals surface area (Å²) in [4.78, 5) is 23.5. The number of carbonyl (C=O) groups excluding carboxylic acids is 2. The Morgan fingerprint density at radius 2 is 1.69 bits per heavy atom. The third kappa shape index (κ3) is 5.22. The summed E-state index contributed by atoms with van der Waals surface area (Å²) in [6.07, 6.45) is 0. The maximum Gasteiger partial charge on any atom is 0.315 e. The zero-order chi connectivity index (χ0) is 19.3. The molecule has 0 aliphatic rings. The average molecular weight is 430 g/mol. The first-order chi connectivity index (χ1) is 12.3. The number of hydrogen-bond donors (Lipinski definition) is 3. The molecule has 26 heavy (non-hydrogen) atoms. The molecule has 0 fully saturated rings. The molecular formula is C17H15BrF3N3O2. The number of urea groups is 1. The number of nitrogens with one attached hydrogen (secondary N) is 3. The number of amides is 3. The number of carbonyl (C=O) groups is 2. The number of benzene rings is 2. The quantitative estimate of drug-likeness (QED) is 0.631. The van der Waals surface area contributed by atoms with Crippen LogP contribution in [0.1, 0.15) is 18.5 Å². The molecule has 0 heterocycles. The maximum absolute atomic E-state index is 13.5. The van der Waals surface area contributed by atoms with Gasteiger partial charge in [0, 0.05) is 4.47 Å². The molecule has 2 aromatic carbocycles. The SMILES string of the molecule is CC(NC(=O)NCC(=O)Nc1ccc(F)c(F)c1F)c1ccc(Br)cc1. The normalized spacial score (nSPS) is 11.6. The van der Waals surface area contributed by atoms with Crippen LogP contribution in [0.4, 0.5) is 23.7 Å². The summed E-state index contributed by atoms with van der Waals surface area (Å²) in [6, 6.07) is 7.97. The van der Waals surface area contributed by atoms with Gasteiger partial charge in [-0.3, -0.25) is 4.79 Å². The predicted octanol–water partition coefficient (Wildman–Crippen LogP) is 3.87. The molecule has 0 saturated heterocycles. The molecule has 2 rings (SSSR count). The molecule has 0 saturated carbocycles. The van der Waals surface area contributed by atoms with E-state index in [1.807, 2.05) is 24.3 Å². The molecule has 0 spiro atoms. The first-order valence-electron chi connectivity index (χ1n) is 7.51. The molecule has 0 aliphatic carbocycles. The van der Waals surface area contributed by atoms with E-state index in [0.29, 0.717) is 6.07 Å². The maximum atomic E-state index is 13.5. The minimum atomic E-state index is -1.68. The Balaban J connectivity index is 1.84. The van der Waals surface area contributed by atoms with Crippen LogP contribution in [0.5, 0.6) is 0 Å². The summed E-state index contributed by atoms with van der Waals surface area (Å²) < 4.78 is 40.3. The van der Waals surface area contributed by atoms with Crippen molar-refractivity contribution in [3.8, 4) is 0 Å². The standard InChI is InChI=1S/C17H15BrF3N3O2/c1-9(10-2-4-11(18)5-3-10)23-17(26)22-8-14(25)24-13-7-6-12(19)15(20)16(13)21/h2-7,9H,8H2,1H3,(H,24,25)(H2,22,23,26). The van der Waals surface area contributed by atoms with E-state index >= 15 is 0 Å². The van der Waals surface area contributed by atoms with Crippen LogP contribution >= 0.6 is 15.9 Å². The van der Waals surface area contributed by atoms with Gasteiger partial charge >= 0.3 is 6.03 Å². The second kappa shape index (κ2) is 8.70. The van der Waals surface area contributed by atoms with Crippen molar-refractivity contribution in [1.82, 2.24) is 10.6 Å². The summed E-state index contributed by atoms with van der Waals surface area (Å²) in [5, 5.41) is 6.99. The monoisotopic (exact) mass is 429 g/mol. The van der Waals surface area contributed by atoms with Crippen molar-refractivity contribution < 1.29 is 22.8 Å². The topological polar surface area (TPSA) is 70.2 Å². The van der Waals surface area contributed by atoms with E-state index in [0.717, 1.165) is 16.1 Å². The van der Waals surface area contributed by atoms with Crippen LogP contribution in [0.15, 0.2) is 40.9 Å². The van der Waals surface area contributed by atoms with Gasteiger partial charge in [0.25, 0.3) is 0 Å². The van der Waals surface area contributed by atoms with Crippen LogP contribution in [-0.2, 0) is 4.79 Å². The number of hydrogen-bond acceptors (Lipinski definition) is 2. The van der Waals surface area contributed by atoms with E-state index in [2.05, 4.69) is 31.9 Å². The van der Waals surface area contributed by atoms with E-state index < -0.39 is 41.6 Å². The second-order valence-electron chi connectivity index (χ2n) is 5.37. The van der Waals surface area contributed by atoms with Gasteiger partial charge in [0.15, 0.2) is 17.5 Å². The third-order valence-electron chi connectivity index (χ3n) is 3.44. The van der Waals surface area contributed by atoms with E-state index in [9.17, 15) is 22.8 Å². The van der Waals surface area contributed by atoms with Gasteiger partial charge in [0.05, 0.1) is 18.3 Å². The number of rotatable bonds is 5. The Bertz CT molecular complexity index is 816. The van der Waals surface area contributed by atoms with E-state index in [4.69, 9.17) is 0 Å². The van der Waals surface area contributed by atoms with Crippen LogP contribution < -0.4 is 16.0 Å². The molecule has 5 nitrogen and oxygen atoms in total. The Morgan fingerprint density at radius 3 is 2.35 bits per heavy atom.